The van der Waals surface area contributed by atoms with Crippen molar-refractivity contribution < 1.29 is 19.4 Å². The summed E-state index contributed by atoms with van der Waals surface area (Å²) in [5.41, 5.74) is 0.493. The Morgan fingerprint density at radius 2 is 1.77 bits per heavy atom. The van der Waals surface area contributed by atoms with E-state index in [9.17, 15) is 14.7 Å². The summed E-state index contributed by atoms with van der Waals surface area (Å²) in [6.45, 7) is 0. The van der Waals surface area contributed by atoms with Crippen LogP contribution in [-0.2, 0) is 9.59 Å². The Bertz CT molecular complexity index is 952. The van der Waals surface area contributed by atoms with E-state index in [1.54, 1.807) is 18.2 Å². The average molecular weight is 537 g/mol. The molecule has 5 nitrogen and oxygen atoms in total. The fourth-order valence-electron chi connectivity index (χ4n) is 3.50. The van der Waals surface area contributed by atoms with Crippen LogP contribution in [0.3, 0.4) is 0 Å². The third kappa shape index (κ3) is 6.44. The second kappa shape index (κ2) is 10.8. The van der Waals surface area contributed by atoms with Gasteiger partial charge in [-0.15, -0.1) is 0 Å². The van der Waals surface area contributed by atoms with E-state index in [4.69, 9.17) is 4.74 Å². The predicted molar refractivity (Wildman–Crippen MR) is 123 cm³/mol. The molecule has 158 valence electrons. The van der Waals surface area contributed by atoms with Crippen molar-refractivity contribution in [3.05, 3.63) is 62.7 Å². The van der Waals surface area contributed by atoms with E-state index in [1.807, 2.05) is 24.3 Å². The number of hydrogen-bond donors (Lipinski definition) is 2. The zero-order chi connectivity index (χ0) is 21.5. The minimum atomic E-state index is -1.17. The van der Waals surface area contributed by atoms with Crippen molar-refractivity contribution >= 4 is 49.8 Å². The van der Waals surface area contributed by atoms with Gasteiger partial charge in [-0.05, 0) is 80.1 Å². The molecule has 2 aromatic carbocycles. The van der Waals surface area contributed by atoms with E-state index in [2.05, 4.69) is 37.2 Å². The number of para-hydroxylation sites is 1. The second-order valence-electron chi connectivity index (χ2n) is 7.32. The number of hydrogen-bond acceptors (Lipinski definition) is 3. The number of amides is 1. The lowest BCUT2D eigenvalue weighted by Gasteiger charge is -2.11. The Labute approximate surface area is 192 Å². The van der Waals surface area contributed by atoms with Crippen LogP contribution >= 0.6 is 31.9 Å². The molecule has 0 aliphatic heterocycles. The van der Waals surface area contributed by atoms with Gasteiger partial charge in [-0.3, -0.25) is 4.79 Å². The summed E-state index contributed by atoms with van der Waals surface area (Å²) in [5, 5.41) is 12.0. The van der Waals surface area contributed by atoms with Crippen molar-refractivity contribution in [1.29, 1.82) is 0 Å². The van der Waals surface area contributed by atoms with Crippen LogP contribution in [0.4, 0.5) is 0 Å². The lowest BCUT2D eigenvalue weighted by Crippen LogP contribution is -2.27. The fraction of sp³-hybridized carbons (Fsp3) is 0.304. The molecule has 0 spiro atoms. The Morgan fingerprint density at radius 1 is 1.07 bits per heavy atom. The summed E-state index contributed by atoms with van der Waals surface area (Å²) in [4.78, 5) is 23.8. The maximum atomic E-state index is 12.2. The molecule has 1 fully saturated rings. The lowest BCUT2D eigenvalue weighted by molar-refractivity contribution is -0.134. The summed E-state index contributed by atoms with van der Waals surface area (Å²) >= 11 is 6.91. The molecule has 0 atom stereocenters. The van der Waals surface area contributed by atoms with Crippen LogP contribution in [-0.4, -0.2) is 17.0 Å². The van der Waals surface area contributed by atoms with Gasteiger partial charge in [0, 0.05) is 6.42 Å². The Morgan fingerprint density at radius 3 is 2.43 bits per heavy atom. The summed E-state index contributed by atoms with van der Waals surface area (Å²) in [5.74, 6) is 0.414. The zero-order valence-electron chi connectivity index (χ0n) is 16.4. The molecular weight excluding hydrogens is 514 g/mol. The number of carbonyl (C=O) groups is 2. The summed E-state index contributed by atoms with van der Waals surface area (Å²) < 4.78 is 7.39. The SMILES string of the molecule is O=C(CCC1CCCC1)N/C(=C/c1ccc(Oc2ccccc2Br)c(Br)c1)C(=O)O. The van der Waals surface area contributed by atoms with Gasteiger partial charge in [0.25, 0.3) is 0 Å². The summed E-state index contributed by atoms with van der Waals surface area (Å²) in [7, 11) is 0. The first-order chi connectivity index (χ1) is 14.4. The van der Waals surface area contributed by atoms with Crippen LogP contribution in [0.25, 0.3) is 6.08 Å². The van der Waals surface area contributed by atoms with Crippen molar-refractivity contribution in [2.45, 2.75) is 38.5 Å². The molecule has 0 aromatic heterocycles. The van der Waals surface area contributed by atoms with Gasteiger partial charge in [0.15, 0.2) is 0 Å². The molecule has 0 saturated heterocycles. The van der Waals surface area contributed by atoms with E-state index >= 15 is 0 Å². The van der Waals surface area contributed by atoms with E-state index in [0.717, 1.165) is 23.7 Å². The summed E-state index contributed by atoms with van der Waals surface area (Å²) in [6, 6.07) is 12.7. The van der Waals surface area contributed by atoms with Crippen molar-refractivity contribution in [3.63, 3.8) is 0 Å². The molecule has 30 heavy (non-hydrogen) atoms. The maximum Gasteiger partial charge on any atom is 0.352 e. The number of benzene rings is 2. The normalized spacial score (nSPS) is 14.5. The average Bonchev–Trinajstić information content (AvgIpc) is 3.23. The largest absolute Gasteiger partial charge is 0.477 e. The molecular formula is C23H23Br2NO4. The molecule has 7 heteroatoms. The van der Waals surface area contributed by atoms with Crippen molar-refractivity contribution in [2.75, 3.05) is 0 Å². The minimum absolute atomic E-state index is 0.141. The number of aliphatic carboxylic acids is 1. The molecule has 0 bridgehead atoms. The number of rotatable bonds is 8. The number of nitrogens with one attached hydrogen (secondary N) is 1. The van der Waals surface area contributed by atoms with Gasteiger partial charge in [0.1, 0.15) is 17.2 Å². The van der Waals surface area contributed by atoms with Crippen LogP contribution in [0.15, 0.2) is 57.1 Å². The number of carbonyl (C=O) groups excluding carboxylic acids is 1. The molecule has 1 aliphatic rings. The third-order valence-electron chi connectivity index (χ3n) is 5.08. The smallest absolute Gasteiger partial charge is 0.352 e. The van der Waals surface area contributed by atoms with Crippen LogP contribution in [0.2, 0.25) is 0 Å². The molecule has 2 N–H and O–H groups in total. The highest BCUT2D eigenvalue weighted by atomic mass is 79.9. The van der Waals surface area contributed by atoms with Crippen molar-refractivity contribution in [3.8, 4) is 11.5 Å². The van der Waals surface area contributed by atoms with Gasteiger partial charge in [-0.2, -0.15) is 0 Å². The molecule has 1 amide bonds. The second-order valence-corrected chi connectivity index (χ2v) is 9.03. The molecule has 0 radical (unpaired) electrons. The topological polar surface area (TPSA) is 75.6 Å². The van der Waals surface area contributed by atoms with E-state index in [-0.39, 0.29) is 11.6 Å². The highest BCUT2D eigenvalue weighted by molar-refractivity contribution is 9.11. The molecule has 2 aromatic rings. The Hall–Kier alpha value is -2.12. The molecule has 0 unspecified atom stereocenters. The summed E-state index contributed by atoms with van der Waals surface area (Å²) in [6.07, 6.45) is 7.38. The Kier molecular flexibility index (Phi) is 8.10. The number of halogens is 2. The fourth-order valence-corrected chi connectivity index (χ4v) is 4.34. The van der Waals surface area contributed by atoms with Crippen LogP contribution in [0.1, 0.15) is 44.1 Å². The highest BCUT2D eigenvalue weighted by Crippen LogP contribution is 2.34. The van der Waals surface area contributed by atoms with E-state index < -0.39 is 5.97 Å². The van der Waals surface area contributed by atoms with Crippen molar-refractivity contribution in [1.82, 2.24) is 5.32 Å². The van der Waals surface area contributed by atoms with Gasteiger partial charge in [0.05, 0.1) is 8.95 Å². The van der Waals surface area contributed by atoms with Gasteiger partial charge in [-0.25, -0.2) is 4.79 Å². The van der Waals surface area contributed by atoms with Gasteiger partial charge < -0.3 is 15.2 Å². The number of ether oxygens (including phenoxy) is 1. The van der Waals surface area contributed by atoms with Gasteiger partial charge >= 0.3 is 5.97 Å². The van der Waals surface area contributed by atoms with E-state index in [1.165, 1.54) is 18.9 Å². The monoisotopic (exact) mass is 535 g/mol. The number of carboxylic acids is 1. The molecule has 1 saturated carbocycles. The lowest BCUT2D eigenvalue weighted by atomic mass is 10.0. The van der Waals surface area contributed by atoms with Gasteiger partial charge in [0.2, 0.25) is 5.91 Å². The molecule has 3 rings (SSSR count). The quantitative estimate of drug-likeness (QED) is 0.377. The standard InChI is InChI=1S/C23H23Br2NO4/c24-17-7-3-4-8-20(17)30-21-11-9-16(13-18(21)25)14-19(23(28)29)26-22(27)12-10-15-5-1-2-6-15/h3-4,7-9,11,13-15H,1-2,5-6,10,12H2,(H,26,27)(H,28,29)/b19-14+. The predicted octanol–water partition coefficient (Wildman–Crippen LogP) is 6.52. The molecule has 1 aliphatic carbocycles. The van der Waals surface area contributed by atoms with E-state index in [0.29, 0.717) is 33.9 Å². The first kappa shape index (κ1) is 22.6. The van der Waals surface area contributed by atoms with Crippen LogP contribution in [0.5, 0.6) is 11.5 Å². The van der Waals surface area contributed by atoms with Crippen LogP contribution in [0, 0.1) is 5.92 Å². The first-order valence-corrected chi connectivity index (χ1v) is 11.5. The Balaban J connectivity index is 1.67. The zero-order valence-corrected chi connectivity index (χ0v) is 19.5. The van der Waals surface area contributed by atoms with Crippen molar-refractivity contribution in [2.24, 2.45) is 5.92 Å². The molecule has 0 heterocycles. The van der Waals surface area contributed by atoms with Gasteiger partial charge in [-0.1, -0.05) is 43.9 Å². The number of carboxylic acid groups (broad SMARTS) is 1. The van der Waals surface area contributed by atoms with Crippen LogP contribution < -0.4 is 10.1 Å². The first-order valence-electron chi connectivity index (χ1n) is 9.89. The highest BCUT2D eigenvalue weighted by Gasteiger charge is 2.18. The minimum Gasteiger partial charge on any atom is -0.477 e. The third-order valence-corrected chi connectivity index (χ3v) is 6.36. The maximum absolute atomic E-state index is 12.2.